The Morgan fingerprint density at radius 1 is 1.29 bits per heavy atom. The van der Waals surface area contributed by atoms with Crippen LogP contribution < -0.4 is 5.32 Å². The molecule has 1 atom stereocenters. The van der Waals surface area contributed by atoms with Crippen LogP contribution in [-0.2, 0) is 11.3 Å². The lowest BCUT2D eigenvalue weighted by Gasteiger charge is -2.11. The van der Waals surface area contributed by atoms with E-state index in [9.17, 15) is 9.18 Å². The summed E-state index contributed by atoms with van der Waals surface area (Å²) in [5.41, 5.74) is 1.30. The van der Waals surface area contributed by atoms with Gasteiger partial charge in [0.25, 0.3) is 0 Å². The van der Waals surface area contributed by atoms with Crippen molar-refractivity contribution in [2.75, 3.05) is 0 Å². The van der Waals surface area contributed by atoms with Crippen molar-refractivity contribution in [2.45, 2.75) is 12.5 Å². The molecule has 2 rings (SSSR count). The van der Waals surface area contributed by atoms with E-state index >= 15 is 0 Å². The summed E-state index contributed by atoms with van der Waals surface area (Å²) in [5.74, 6) is -1.78. The summed E-state index contributed by atoms with van der Waals surface area (Å²) >= 11 is 5.67. The minimum atomic E-state index is -0.873. The lowest BCUT2D eigenvalue weighted by molar-refractivity contribution is -0.121. The Morgan fingerprint density at radius 2 is 2.00 bits per heavy atom. The minimum absolute atomic E-state index is 0.00152. The summed E-state index contributed by atoms with van der Waals surface area (Å²) in [6.45, 7) is 0.184. The fourth-order valence-corrected chi connectivity index (χ4v) is 2.07. The maximum Gasteiger partial charge on any atom is 0.242 e. The first-order valence-corrected chi connectivity index (χ1v) is 6.66. The van der Waals surface area contributed by atoms with Gasteiger partial charge in [-0.25, -0.2) is 4.39 Å². The van der Waals surface area contributed by atoms with E-state index in [1.165, 1.54) is 18.2 Å². The van der Waals surface area contributed by atoms with E-state index in [-0.39, 0.29) is 11.6 Å². The molecule has 0 aliphatic rings. The maximum atomic E-state index is 13.0. The molecule has 21 heavy (non-hydrogen) atoms. The zero-order chi connectivity index (χ0) is 15.2. The molecule has 0 saturated carbocycles. The van der Waals surface area contributed by atoms with Crippen LogP contribution in [0.2, 0.25) is 5.02 Å². The molecular weight excluding hydrogens is 291 g/mol. The predicted octanol–water partition coefficient (Wildman–Crippen LogP) is 3.40. The first kappa shape index (κ1) is 15.0. The number of hydrogen-bond donors (Lipinski definition) is 1. The van der Waals surface area contributed by atoms with E-state index in [0.717, 1.165) is 0 Å². The zero-order valence-electron chi connectivity index (χ0n) is 11.0. The smallest absolute Gasteiger partial charge is 0.242 e. The predicted molar refractivity (Wildman–Crippen MR) is 78.1 cm³/mol. The van der Waals surface area contributed by atoms with Gasteiger partial charge in [-0.15, -0.1) is 0 Å². The van der Waals surface area contributed by atoms with Gasteiger partial charge in [0.05, 0.1) is 11.1 Å². The largest absolute Gasteiger partial charge is 0.351 e. The number of carbonyl (C=O) groups excluding carboxylic acids is 1. The van der Waals surface area contributed by atoms with Crippen LogP contribution in [0, 0.1) is 17.1 Å². The number of amides is 1. The second-order valence-corrected chi connectivity index (χ2v) is 4.85. The van der Waals surface area contributed by atoms with Crippen LogP contribution in [0.3, 0.4) is 0 Å². The number of nitriles is 1. The highest BCUT2D eigenvalue weighted by atomic mass is 35.5. The molecule has 0 heterocycles. The summed E-state index contributed by atoms with van der Waals surface area (Å²) in [7, 11) is 0. The van der Waals surface area contributed by atoms with Crippen molar-refractivity contribution in [3.05, 3.63) is 70.5 Å². The number of halogens is 2. The molecule has 2 aromatic rings. The Balaban J connectivity index is 2.04. The molecule has 0 radical (unpaired) electrons. The minimum Gasteiger partial charge on any atom is -0.351 e. The van der Waals surface area contributed by atoms with E-state index in [1.807, 2.05) is 12.1 Å². The van der Waals surface area contributed by atoms with Gasteiger partial charge >= 0.3 is 0 Å². The number of benzene rings is 2. The van der Waals surface area contributed by atoms with Crippen LogP contribution in [0.15, 0.2) is 48.5 Å². The monoisotopic (exact) mass is 302 g/mol. The lowest BCUT2D eigenvalue weighted by atomic mass is 10.00. The van der Waals surface area contributed by atoms with E-state index in [0.29, 0.717) is 11.1 Å². The van der Waals surface area contributed by atoms with Crippen LogP contribution >= 0.6 is 11.6 Å². The van der Waals surface area contributed by atoms with Gasteiger partial charge in [-0.05, 0) is 23.3 Å². The standard InChI is InChI=1S/C16H12ClFN2O/c17-14-8-11(6-7-15(14)18)10-20-16(21)13(9-19)12-4-2-1-3-5-12/h1-8,13H,10H2,(H,20,21). The third-order valence-corrected chi connectivity index (χ3v) is 3.26. The average Bonchev–Trinajstić information content (AvgIpc) is 2.50. The first-order valence-electron chi connectivity index (χ1n) is 6.28. The van der Waals surface area contributed by atoms with Gasteiger partial charge in [0, 0.05) is 6.54 Å². The molecule has 3 nitrogen and oxygen atoms in total. The van der Waals surface area contributed by atoms with Crippen molar-refractivity contribution in [3.8, 4) is 6.07 Å². The molecule has 1 N–H and O–H groups in total. The number of nitrogens with one attached hydrogen (secondary N) is 1. The Kier molecular flexibility index (Phi) is 4.91. The van der Waals surface area contributed by atoms with Gasteiger partial charge in [0.15, 0.2) is 0 Å². The Morgan fingerprint density at radius 3 is 2.62 bits per heavy atom. The van der Waals surface area contributed by atoms with Crippen LogP contribution in [0.25, 0.3) is 0 Å². The normalized spacial score (nSPS) is 11.5. The summed E-state index contributed by atoms with van der Waals surface area (Å²) in [6.07, 6.45) is 0. The third kappa shape index (κ3) is 3.80. The van der Waals surface area contributed by atoms with Crippen molar-refractivity contribution in [1.82, 2.24) is 5.32 Å². The van der Waals surface area contributed by atoms with Crippen molar-refractivity contribution in [3.63, 3.8) is 0 Å². The zero-order valence-corrected chi connectivity index (χ0v) is 11.8. The highest BCUT2D eigenvalue weighted by Gasteiger charge is 2.19. The average molecular weight is 303 g/mol. The SMILES string of the molecule is N#CC(C(=O)NCc1ccc(F)c(Cl)c1)c1ccccc1. The van der Waals surface area contributed by atoms with Crippen LogP contribution in [0.4, 0.5) is 4.39 Å². The maximum absolute atomic E-state index is 13.0. The topological polar surface area (TPSA) is 52.9 Å². The van der Waals surface area contributed by atoms with Crippen molar-refractivity contribution >= 4 is 17.5 Å². The van der Waals surface area contributed by atoms with Crippen LogP contribution in [0.5, 0.6) is 0 Å². The second kappa shape index (κ2) is 6.87. The highest BCUT2D eigenvalue weighted by Crippen LogP contribution is 2.17. The molecule has 0 aromatic heterocycles. The number of rotatable bonds is 4. The fourth-order valence-electron chi connectivity index (χ4n) is 1.87. The Hall–Kier alpha value is -2.38. The van der Waals surface area contributed by atoms with Crippen molar-refractivity contribution in [2.24, 2.45) is 0 Å². The molecule has 0 spiro atoms. The molecule has 106 valence electrons. The van der Waals surface area contributed by atoms with Gasteiger partial charge in [-0.2, -0.15) is 5.26 Å². The molecule has 5 heteroatoms. The molecule has 1 amide bonds. The third-order valence-electron chi connectivity index (χ3n) is 2.97. The van der Waals surface area contributed by atoms with Gasteiger partial charge in [0.1, 0.15) is 11.7 Å². The van der Waals surface area contributed by atoms with Gasteiger partial charge < -0.3 is 5.32 Å². The molecule has 0 bridgehead atoms. The summed E-state index contributed by atoms with van der Waals surface area (Å²) < 4.78 is 13.0. The summed E-state index contributed by atoms with van der Waals surface area (Å²) in [4.78, 5) is 12.1. The number of hydrogen-bond acceptors (Lipinski definition) is 2. The molecule has 0 fully saturated rings. The first-order chi connectivity index (χ1) is 10.1. The van der Waals surface area contributed by atoms with Crippen LogP contribution in [0.1, 0.15) is 17.0 Å². The van der Waals surface area contributed by atoms with Gasteiger partial charge in [0.2, 0.25) is 5.91 Å². The second-order valence-electron chi connectivity index (χ2n) is 4.44. The lowest BCUT2D eigenvalue weighted by Crippen LogP contribution is -2.28. The molecule has 0 saturated heterocycles. The molecule has 0 aliphatic carbocycles. The van der Waals surface area contributed by atoms with Gasteiger partial charge in [-0.1, -0.05) is 48.0 Å². The highest BCUT2D eigenvalue weighted by molar-refractivity contribution is 6.30. The quantitative estimate of drug-likeness (QED) is 0.941. The van der Waals surface area contributed by atoms with E-state index in [2.05, 4.69) is 5.32 Å². The number of carbonyl (C=O) groups is 1. The molecule has 1 unspecified atom stereocenters. The molecule has 2 aromatic carbocycles. The Bertz CT molecular complexity index is 682. The molecule has 0 aliphatic heterocycles. The summed E-state index contributed by atoms with van der Waals surface area (Å²) in [6, 6.07) is 15.0. The van der Waals surface area contributed by atoms with E-state index < -0.39 is 17.6 Å². The van der Waals surface area contributed by atoms with Crippen molar-refractivity contribution in [1.29, 1.82) is 5.26 Å². The Labute approximate surface area is 127 Å². The fraction of sp³-hybridized carbons (Fsp3) is 0.125. The van der Waals surface area contributed by atoms with E-state index in [4.69, 9.17) is 16.9 Å². The van der Waals surface area contributed by atoms with Crippen molar-refractivity contribution < 1.29 is 9.18 Å². The van der Waals surface area contributed by atoms with E-state index in [1.54, 1.807) is 24.3 Å². The van der Waals surface area contributed by atoms with Crippen LogP contribution in [-0.4, -0.2) is 5.91 Å². The van der Waals surface area contributed by atoms with Gasteiger partial charge in [-0.3, -0.25) is 4.79 Å². The number of nitrogens with zero attached hydrogens (tertiary/aromatic N) is 1. The molecular formula is C16H12ClFN2O. The summed E-state index contributed by atoms with van der Waals surface area (Å²) in [5, 5.41) is 11.8.